The van der Waals surface area contributed by atoms with E-state index in [-0.39, 0.29) is 17.7 Å². The first-order chi connectivity index (χ1) is 9.13. The lowest BCUT2D eigenvalue weighted by Crippen LogP contribution is -2.41. The molecule has 0 saturated heterocycles. The fourth-order valence-corrected chi connectivity index (χ4v) is 2.93. The molecular formula is C13H18BrN3O2. The van der Waals surface area contributed by atoms with E-state index < -0.39 is 0 Å². The Morgan fingerprint density at radius 3 is 2.79 bits per heavy atom. The second-order valence-corrected chi connectivity index (χ2v) is 6.47. The standard InChI is InChI=1S/C13H18BrN3O2/c14-11-6-15-17(7-8-2-1-3-8)13(19)12(11)16-9-4-10(18)5-9/h6,8-10,16,18H,1-5,7H2. The summed E-state index contributed by atoms with van der Waals surface area (Å²) in [5.74, 6) is 0.602. The Hall–Kier alpha value is -0.880. The van der Waals surface area contributed by atoms with Gasteiger partial charge in [0.2, 0.25) is 0 Å². The largest absolute Gasteiger partial charge is 0.393 e. The number of anilines is 1. The first kappa shape index (κ1) is 13.1. The number of halogens is 1. The lowest BCUT2D eigenvalue weighted by Gasteiger charge is -2.33. The number of nitrogens with zero attached hydrogens (tertiary/aromatic N) is 2. The van der Waals surface area contributed by atoms with Gasteiger partial charge in [0, 0.05) is 12.6 Å². The van der Waals surface area contributed by atoms with Crippen molar-refractivity contribution in [2.45, 2.75) is 50.8 Å². The van der Waals surface area contributed by atoms with E-state index in [0.29, 0.717) is 35.5 Å². The van der Waals surface area contributed by atoms with E-state index in [1.54, 1.807) is 10.9 Å². The molecule has 2 N–H and O–H groups in total. The van der Waals surface area contributed by atoms with Crippen LogP contribution in [0.25, 0.3) is 0 Å². The molecule has 0 aliphatic heterocycles. The predicted molar refractivity (Wildman–Crippen MR) is 76.2 cm³/mol. The van der Waals surface area contributed by atoms with Crippen molar-refractivity contribution in [3.05, 3.63) is 21.0 Å². The molecule has 3 rings (SSSR count). The van der Waals surface area contributed by atoms with Gasteiger partial charge in [-0.15, -0.1) is 0 Å². The van der Waals surface area contributed by atoms with Crippen molar-refractivity contribution in [2.75, 3.05) is 5.32 Å². The molecule has 0 amide bonds. The van der Waals surface area contributed by atoms with E-state index >= 15 is 0 Å². The molecule has 19 heavy (non-hydrogen) atoms. The zero-order chi connectivity index (χ0) is 13.4. The second-order valence-electron chi connectivity index (χ2n) is 5.62. The molecule has 0 aromatic carbocycles. The Morgan fingerprint density at radius 2 is 2.21 bits per heavy atom. The molecular weight excluding hydrogens is 310 g/mol. The van der Waals surface area contributed by atoms with Crippen LogP contribution in [0, 0.1) is 5.92 Å². The van der Waals surface area contributed by atoms with Crippen LogP contribution in [-0.4, -0.2) is 27.0 Å². The Morgan fingerprint density at radius 1 is 1.47 bits per heavy atom. The Kier molecular flexibility index (Phi) is 3.62. The van der Waals surface area contributed by atoms with Crippen molar-refractivity contribution < 1.29 is 5.11 Å². The minimum absolute atomic E-state index is 0.0670. The van der Waals surface area contributed by atoms with Gasteiger partial charge in [-0.3, -0.25) is 4.79 Å². The van der Waals surface area contributed by atoms with Gasteiger partial charge < -0.3 is 10.4 Å². The van der Waals surface area contributed by atoms with Crippen LogP contribution in [-0.2, 0) is 6.54 Å². The van der Waals surface area contributed by atoms with Gasteiger partial charge >= 0.3 is 0 Å². The summed E-state index contributed by atoms with van der Waals surface area (Å²) in [5.41, 5.74) is 0.508. The number of aliphatic hydroxyl groups excluding tert-OH is 1. The van der Waals surface area contributed by atoms with Crippen molar-refractivity contribution in [2.24, 2.45) is 5.92 Å². The molecule has 1 aromatic heterocycles. The Balaban J connectivity index is 1.77. The molecule has 2 saturated carbocycles. The number of rotatable bonds is 4. The van der Waals surface area contributed by atoms with Crippen molar-refractivity contribution in [1.29, 1.82) is 0 Å². The monoisotopic (exact) mass is 327 g/mol. The topological polar surface area (TPSA) is 67.2 Å². The highest BCUT2D eigenvalue weighted by molar-refractivity contribution is 9.10. The quantitative estimate of drug-likeness (QED) is 0.884. The van der Waals surface area contributed by atoms with Crippen molar-refractivity contribution in [3.63, 3.8) is 0 Å². The molecule has 2 aliphatic carbocycles. The third-order valence-electron chi connectivity index (χ3n) is 4.12. The maximum Gasteiger partial charge on any atom is 0.291 e. The zero-order valence-electron chi connectivity index (χ0n) is 10.7. The van der Waals surface area contributed by atoms with E-state index in [1.165, 1.54) is 19.3 Å². The zero-order valence-corrected chi connectivity index (χ0v) is 12.3. The predicted octanol–water partition coefficient (Wildman–Crippen LogP) is 1.74. The van der Waals surface area contributed by atoms with Crippen molar-refractivity contribution in [3.8, 4) is 0 Å². The Labute approximate surface area is 120 Å². The van der Waals surface area contributed by atoms with Crippen LogP contribution in [0.5, 0.6) is 0 Å². The normalized spacial score (nSPS) is 26.6. The van der Waals surface area contributed by atoms with Crippen LogP contribution in [0.15, 0.2) is 15.5 Å². The molecule has 0 spiro atoms. The van der Waals surface area contributed by atoms with Gasteiger partial charge in [0.05, 0.1) is 16.8 Å². The van der Waals surface area contributed by atoms with Gasteiger partial charge in [0.1, 0.15) is 5.69 Å². The van der Waals surface area contributed by atoms with Crippen LogP contribution in [0.1, 0.15) is 32.1 Å². The summed E-state index contributed by atoms with van der Waals surface area (Å²) in [6.45, 7) is 0.716. The van der Waals surface area contributed by atoms with Gasteiger partial charge in [-0.25, -0.2) is 4.68 Å². The second kappa shape index (κ2) is 5.25. The van der Waals surface area contributed by atoms with Crippen LogP contribution in [0.2, 0.25) is 0 Å². The summed E-state index contributed by atoms with van der Waals surface area (Å²) in [5, 5.41) is 16.7. The van der Waals surface area contributed by atoms with Crippen LogP contribution >= 0.6 is 15.9 Å². The SMILES string of the molecule is O=c1c(NC2CC(O)C2)c(Br)cnn1CC1CCC1. The molecule has 1 heterocycles. The maximum absolute atomic E-state index is 12.4. The fourth-order valence-electron chi connectivity index (χ4n) is 2.56. The molecule has 0 radical (unpaired) electrons. The number of hydrogen-bond donors (Lipinski definition) is 2. The molecule has 5 nitrogen and oxygen atoms in total. The molecule has 0 unspecified atom stereocenters. The van der Waals surface area contributed by atoms with Crippen LogP contribution in [0.4, 0.5) is 5.69 Å². The molecule has 6 heteroatoms. The van der Waals surface area contributed by atoms with E-state index in [4.69, 9.17) is 0 Å². The number of nitrogens with one attached hydrogen (secondary N) is 1. The minimum Gasteiger partial charge on any atom is -0.393 e. The smallest absolute Gasteiger partial charge is 0.291 e. The average molecular weight is 328 g/mol. The maximum atomic E-state index is 12.4. The summed E-state index contributed by atoms with van der Waals surface area (Å²) in [6, 6.07) is 0.193. The summed E-state index contributed by atoms with van der Waals surface area (Å²) in [4.78, 5) is 12.4. The molecule has 1 aromatic rings. The summed E-state index contributed by atoms with van der Waals surface area (Å²) < 4.78 is 2.26. The van der Waals surface area contributed by atoms with E-state index in [9.17, 15) is 9.90 Å². The lowest BCUT2D eigenvalue weighted by molar-refractivity contribution is 0.0835. The number of aliphatic hydroxyl groups is 1. The third kappa shape index (κ3) is 2.69. The van der Waals surface area contributed by atoms with Gasteiger partial charge in [-0.05, 0) is 47.5 Å². The molecule has 104 valence electrons. The fraction of sp³-hybridized carbons (Fsp3) is 0.692. The van der Waals surface area contributed by atoms with E-state index in [2.05, 4.69) is 26.3 Å². The highest BCUT2D eigenvalue weighted by atomic mass is 79.9. The molecule has 2 fully saturated rings. The molecule has 0 bridgehead atoms. The lowest BCUT2D eigenvalue weighted by atomic mass is 9.85. The minimum atomic E-state index is -0.227. The van der Waals surface area contributed by atoms with Gasteiger partial charge in [-0.2, -0.15) is 5.10 Å². The first-order valence-corrected chi connectivity index (χ1v) is 7.63. The summed E-state index contributed by atoms with van der Waals surface area (Å²) in [6.07, 6.45) is 6.52. The Bertz CT molecular complexity index is 521. The highest BCUT2D eigenvalue weighted by Crippen LogP contribution is 2.28. The highest BCUT2D eigenvalue weighted by Gasteiger charge is 2.28. The summed E-state index contributed by atoms with van der Waals surface area (Å²) in [7, 11) is 0. The summed E-state index contributed by atoms with van der Waals surface area (Å²) >= 11 is 3.37. The van der Waals surface area contributed by atoms with Crippen LogP contribution in [0.3, 0.4) is 0 Å². The van der Waals surface area contributed by atoms with Crippen LogP contribution < -0.4 is 10.9 Å². The number of aromatic nitrogens is 2. The number of hydrogen-bond acceptors (Lipinski definition) is 4. The van der Waals surface area contributed by atoms with Crippen molar-refractivity contribution in [1.82, 2.24) is 9.78 Å². The van der Waals surface area contributed by atoms with E-state index in [1.807, 2.05) is 0 Å². The van der Waals surface area contributed by atoms with Gasteiger partial charge in [0.25, 0.3) is 5.56 Å². The molecule has 2 aliphatic rings. The van der Waals surface area contributed by atoms with Gasteiger partial charge in [0.15, 0.2) is 0 Å². The van der Waals surface area contributed by atoms with Gasteiger partial charge in [-0.1, -0.05) is 6.42 Å². The third-order valence-corrected chi connectivity index (χ3v) is 4.72. The van der Waals surface area contributed by atoms with E-state index in [0.717, 1.165) is 0 Å². The average Bonchev–Trinajstić information content (AvgIpc) is 2.28. The van der Waals surface area contributed by atoms with Crippen molar-refractivity contribution >= 4 is 21.6 Å². The molecule has 0 atom stereocenters. The first-order valence-electron chi connectivity index (χ1n) is 6.83.